The van der Waals surface area contributed by atoms with Crippen LogP contribution >= 0.6 is 27.3 Å². The molecule has 0 spiro atoms. The molecule has 0 atom stereocenters. The maximum absolute atomic E-state index is 10.8. The molecular formula is C15H9BrN2O2S. The van der Waals surface area contributed by atoms with Crippen LogP contribution in [0.25, 0.3) is 22.0 Å². The second kappa shape index (κ2) is 5.75. The predicted octanol–water partition coefficient (Wildman–Crippen LogP) is 4.33. The van der Waals surface area contributed by atoms with Crippen molar-refractivity contribution in [2.75, 3.05) is 0 Å². The van der Waals surface area contributed by atoms with Gasteiger partial charge in [0.1, 0.15) is 5.01 Å². The number of benzene rings is 1. The van der Waals surface area contributed by atoms with E-state index in [1.54, 1.807) is 30.5 Å². The van der Waals surface area contributed by atoms with Crippen molar-refractivity contribution in [1.82, 2.24) is 9.97 Å². The van der Waals surface area contributed by atoms with Crippen molar-refractivity contribution in [2.45, 2.75) is 0 Å². The summed E-state index contributed by atoms with van der Waals surface area (Å²) in [5, 5.41) is 11.7. The van der Waals surface area contributed by atoms with Crippen LogP contribution in [-0.2, 0) is 0 Å². The summed E-state index contributed by atoms with van der Waals surface area (Å²) >= 11 is 4.86. The summed E-state index contributed by atoms with van der Waals surface area (Å²) in [6, 6.07) is 10.5. The Labute approximate surface area is 133 Å². The van der Waals surface area contributed by atoms with Crippen LogP contribution < -0.4 is 0 Å². The Morgan fingerprint density at radius 2 is 1.86 bits per heavy atom. The molecule has 0 bridgehead atoms. The summed E-state index contributed by atoms with van der Waals surface area (Å²) in [5.74, 6) is -0.931. The summed E-state index contributed by atoms with van der Waals surface area (Å²) in [7, 11) is 0. The molecule has 0 aliphatic heterocycles. The monoisotopic (exact) mass is 360 g/mol. The molecule has 3 rings (SSSR count). The SMILES string of the molecule is O=C(O)c1ccc(-c2csc(-c3ccc(Br)cn3)n2)cc1. The van der Waals surface area contributed by atoms with Gasteiger partial charge in [0.2, 0.25) is 0 Å². The summed E-state index contributed by atoms with van der Waals surface area (Å²) < 4.78 is 0.923. The van der Waals surface area contributed by atoms with E-state index in [0.717, 1.165) is 26.4 Å². The normalized spacial score (nSPS) is 10.5. The quantitative estimate of drug-likeness (QED) is 0.754. The minimum atomic E-state index is -0.931. The zero-order valence-electron chi connectivity index (χ0n) is 10.7. The average Bonchev–Trinajstić information content (AvgIpc) is 2.98. The zero-order valence-corrected chi connectivity index (χ0v) is 13.1. The van der Waals surface area contributed by atoms with Crippen molar-refractivity contribution in [1.29, 1.82) is 0 Å². The van der Waals surface area contributed by atoms with Crippen molar-refractivity contribution in [3.8, 4) is 22.0 Å². The number of halogens is 1. The maximum atomic E-state index is 10.8. The van der Waals surface area contributed by atoms with Crippen LogP contribution in [0.2, 0.25) is 0 Å². The van der Waals surface area contributed by atoms with Crippen molar-refractivity contribution in [2.24, 2.45) is 0 Å². The summed E-state index contributed by atoms with van der Waals surface area (Å²) in [4.78, 5) is 19.7. The number of hydrogen-bond donors (Lipinski definition) is 1. The van der Waals surface area contributed by atoms with Gasteiger partial charge in [-0.3, -0.25) is 4.98 Å². The first-order chi connectivity index (χ1) is 10.1. The number of pyridine rings is 1. The lowest BCUT2D eigenvalue weighted by molar-refractivity contribution is 0.0697. The highest BCUT2D eigenvalue weighted by Gasteiger charge is 2.09. The highest BCUT2D eigenvalue weighted by Crippen LogP contribution is 2.28. The van der Waals surface area contributed by atoms with Crippen LogP contribution in [0.1, 0.15) is 10.4 Å². The first kappa shape index (κ1) is 13.9. The molecule has 0 saturated heterocycles. The molecule has 3 aromatic rings. The zero-order chi connectivity index (χ0) is 14.8. The molecule has 104 valence electrons. The van der Waals surface area contributed by atoms with Crippen LogP contribution in [0.15, 0.2) is 52.4 Å². The fourth-order valence-corrected chi connectivity index (χ4v) is 2.85. The fourth-order valence-electron chi connectivity index (χ4n) is 1.81. The van der Waals surface area contributed by atoms with Crippen LogP contribution in [0.3, 0.4) is 0 Å². The predicted molar refractivity (Wildman–Crippen MR) is 85.4 cm³/mol. The van der Waals surface area contributed by atoms with E-state index in [1.807, 2.05) is 17.5 Å². The molecule has 6 heteroatoms. The Bertz CT molecular complexity index is 782. The lowest BCUT2D eigenvalue weighted by atomic mass is 10.1. The van der Waals surface area contributed by atoms with E-state index in [-0.39, 0.29) is 5.56 Å². The van der Waals surface area contributed by atoms with Crippen LogP contribution in [0.4, 0.5) is 0 Å². The third-order valence-electron chi connectivity index (χ3n) is 2.88. The van der Waals surface area contributed by atoms with Gasteiger partial charge in [0.15, 0.2) is 0 Å². The van der Waals surface area contributed by atoms with E-state index >= 15 is 0 Å². The van der Waals surface area contributed by atoms with Gasteiger partial charge in [0.05, 0.1) is 17.0 Å². The van der Waals surface area contributed by atoms with E-state index in [4.69, 9.17) is 5.11 Å². The van der Waals surface area contributed by atoms with E-state index in [2.05, 4.69) is 25.9 Å². The molecule has 0 radical (unpaired) electrons. The highest BCUT2D eigenvalue weighted by molar-refractivity contribution is 9.10. The number of hydrogen-bond acceptors (Lipinski definition) is 4. The Balaban J connectivity index is 1.90. The van der Waals surface area contributed by atoms with Gasteiger partial charge in [0.25, 0.3) is 0 Å². The third kappa shape index (κ3) is 3.01. The number of nitrogens with zero attached hydrogens (tertiary/aromatic N) is 2. The summed E-state index contributed by atoms with van der Waals surface area (Å²) in [5.41, 5.74) is 2.79. The number of rotatable bonds is 3. The number of thiazole rings is 1. The molecule has 4 nitrogen and oxygen atoms in total. The number of carboxylic acids is 1. The molecule has 0 aliphatic carbocycles. The minimum absolute atomic E-state index is 0.267. The smallest absolute Gasteiger partial charge is 0.335 e. The Kier molecular flexibility index (Phi) is 3.81. The van der Waals surface area contributed by atoms with Gasteiger partial charge < -0.3 is 5.11 Å². The summed E-state index contributed by atoms with van der Waals surface area (Å²) in [6.45, 7) is 0. The number of carbonyl (C=O) groups is 1. The second-order valence-corrected chi connectivity index (χ2v) is 6.06. The van der Waals surface area contributed by atoms with Gasteiger partial charge in [-0.2, -0.15) is 0 Å². The molecule has 0 unspecified atom stereocenters. The van der Waals surface area contributed by atoms with Gasteiger partial charge in [-0.05, 0) is 40.2 Å². The number of aromatic carboxylic acids is 1. The van der Waals surface area contributed by atoms with E-state index < -0.39 is 5.97 Å². The average molecular weight is 361 g/mol. The Morgan fingerprint density at radius 3 is 2.48 bits per heavy atom. The molecular weight excluding hydrogens is 352 g/mol. The van der Waals surface area contributed by atoms with Crippen molar-refractivity contribution >= 4 is 33.2 Å². The Hall–Kier alpha value is -2.05. The van der Waals surface area contributed by atoms with Crippen LogP contribution in [0.5, 0.6) is 0 Å². The van der Waals surface area contributed by atoms with Gasteiger partial charge in [-0.1, -0.05) is 12.1 Å². The van der Waals surface area contributed by atoms with Crippen molar-refractivity contribution in [3.63, 3.8) is 0 Å². The van der Waals surface area contributed by atoms with Crippen LogP contribution in [0, 0.1) is 0 Å². The molecule has 1 N–H and O–H groups in total. The summed E-state index contributed by atoms with van der Waals surface area (Å²) in [6.07, 6.45) is 1.73. The van der Waals surface area contributed by atoms with Crippen molar-refractivity contribution in [3.05, 3.63) is 58.0 Å². The third-order valence-corrected chi connectivity index (χ3v) is 4.21. The molecule has 0 amide bonds. The van der Waals surface area contributed by atoms with Gasteiger partial charge in [-0.15, -0.1) is 11.3 Å². The van der Waals surface area contributed by atoms with E-state index in [1.165, 1.54) is 11.3 Å². The van der Waals surface area contributed by atoms with Gasteiger partial charge in [0, 0.05) is 21.6 Å². The standard InChI is InChI=1S/C15H9BrN2O2S/c16-11-5-6-12(17-7-11)14-18-13(8-21-14)9-1-3-10(4-2-9)15(19)20/h1-8H,(H,19,20). The van der Waals surface area contributed by atoms with E-state index in [9.17, 15) is 4.79 Å². The number of aromatic nitrogens is 2. The molecule has 21 heavy (non-hydrogen) atoms. The molecule has 0 saturated carbocycles. The topological polar surface area (TPSA) is 63.1 Å². The van der Waals surface area contributed by atoms with Gasteiger partial charge in [-0.25, -0.2) is 9.78 Å². The maximum Gasteiger partial charge on any atom is 0.335 e. The molecule has 0 fully saturated rings. The highest BCUT2D eigenvalue weighted by atomic mass is 79.9. The second-order valence-electron chi connectivity index (χ2n) is 4.28. The van der Waals surface area contributed by atoms with Gasteiger partial charge >= 0.3 is 5.97 Å². The first-order valence-corrected chi connectivity index (χ1v) is 7.72. The number of carboxylic acid groups (broad SMARTS) is 1. The largest absolute Gasteiger partial charge is 0.478 e. The van der Waals surface area contributed by atoms with Crippen molar-refractivity contribution < 1.29 is 9.90 Å². The molecule has 2 heterocycles. The molecule has 1 aromatic carbocycles. The molecule has 2 aromatic heterocycles. The minimum Gasteiger partial charge on any atom is -0.478 e. The Morgan fingerprint density at radius 1 is 1.10 bits per heavy atom. The lowest BCUT2D eigenvalue weighted by Crippen LogP contribution is -1.94. The lowest BCUT2D eigenvalue weighted by Gasteiger charge is -1.98. The van der Waals surface area contributed by atoms with E-state index in [0.29, 0.717) is 0 Å². The van der Waals surface area contributed by atoms with Crippen LogP contribution in [-0.4, -0.2) is 21.0 Å². The fraction of sp³-hybridized carbons (Fsp3) is 0. The molecule has 0 aliphatic rings. The first-order valence-electron chi connectivity index (χ1n) is 6.04.